The largest absolute Gasteiger partial charge is 0.342 e. The molecule has 3 rings (SSSR count). The number of carbonyl (C=O) groups is 1. The van der Waals surface area contributed by atoms with Gasteiger partial charge in [0.1, 0.15) is 0 Å². The van der Waals surface area contributed by atoms with Crippen molar-refractivity contribution in [3.8, 4) is 0 Å². The highest BCUT2D eigenvalue weighted by atomic mass is 16.2. The van der Waals surface area contributed by atoms with Crippen LogP contribution in [-0.4, -0.2) is 29.9 Å². The summed E-state index contributed by atoms with van der Waals surface area (Å²) in [4.78, 5) is 14.6. The van der Waals surface area contributed by atoms with Crippen LogP contribution in [0, 0.1) is 23.7 Å². The lowest BCUT2D eigenvalue weighted by Crippen LogP contribution is -2.39. The van der Waals surface area contributed by atoms with E-state index in [-0.39, 0.29) is 0 Å². The van der Waals surface area contributed by atoms with E-state index in [1.165, 1.54) is 51.4 Å². The Bertz CT molecular complexity index is 354. The molecule has 3 fully saturated rings. The van der Waals surface area contributed by atoms with Gasteiger partial charge in [-0.3, -0.25) is 4.79 Å². The van der Waals surface area contributed by atoms with E-state index in [1.54, 1.807) is 0 Å². The molecular formula is C18H32N2O. The van der Waals surface area contributed by atoms with Crippen LogP contribution in [0.15, 0.2) is 0 Å². The maximum Gasteiger partial charge on any atom is 0.225 e. The van der Waals surface area contributed by atoms with Crippen molar-refractivity contribution in [3.63, 3.8) is 0 Å². The monoisotopic (exact) mass is 292 g/mol. The number of nitrogens with zero attached hydrogens (tertiary/aromatic N) is 1. The molecule has 0 spiro atoms. The summed E-state index contributed by atoms with van der Waals surface area (Å²) in [5.74, 6) is 3.24. The molecule has 2 atom stereocenters. The van der Waals surface area contributed by atoms with Crippen LogP contribution in [0.1, 0.15) is 64.7 Å². The number of rotatable bonds is 4. The summed E-state index contributed by atoms with van der Waals surface area (Å²) < 4.78 is 0. The van der Waals surface area contributed by atoms with Crippen LogP contribution in [0.3, 0.4) is 0 Å². The van der Waals surface area contributed by atoms with Crippen molar-refractivity contribution in [1.82, 2.24) is 4.90 Å². The van der Waals surface area contributed by atoms with Crippen molar-refractivity contribution in [1.29, 1.82) is 0 Å². The van der Waals surface area contributed by atoms with Gasteiger partial charge in [-0.25, -0.2) is 0 Å². The topological polar surface area (TPSA) is 46.3 Å². The van der Waals surface area contributed by atoms with E-state index < -0.39 is 0 Å². The van der Waals surface area contributed by atoms with Crippen LogP contribution in [0.2, 0.25) is 0 Å². The van der Waals surface area contributed by atoms with Gasteiger partial charge in [-0.2, -0.15) is 0 Å². The Hall–Kier alpha value is -0.570. The van der Waals surface area contributed by atoms with Gasteiger partial charge in [0.15, 0.2) is 0 Å². The van der Waals surface area contributed by atoms with Crippen molar-refractivity contribution < 1.29 is 4.79 Å². The summed E-state index contributed by atoms with van der Waals surface area (Å²) in [6.45, 7) is 4.31. The predicted molar refractivity (Wildman–Crippen MR) is 85.7 cm³/mol. The molecule has 1 amide bonds. The second kappa shape index (κ2) is 6.68. The Labute approximate surface area is 129 Å². The molecule has 0 bridgehead atoms. The average Bonchev–Trinajstić information content (AvgIpc) is 3.26. The summed E-state index contributed by atoms with van der Waals surface area (Å²) in [5.41, 5.74) is 5.97. The smallest absolute Gasteiger partial charge is 0.225 e. The Morgan fingerprint density at radius 2 is 1.71 bits per heavy atom. The quantitative estimate of drug-likeness (QED) is 0.865. The number of hydrogen-bond acceptors (Lipinski definition) is 2. The first-order chi connectivity index (χ1) is 10.1. The second-order valence-electron chi connectivity index (χ2n) is 7.97. The minimum atomic E-state index is 0.379. The molecule has 1 aliphatic heterocycles. The van der Waals surface area contributed by atoms with Gasteiger partial charge in [-0.1, -0.05) is 13.3 Å². The van der Waals surface area contributed by atoms with Crippen LogP contribution in [-0.2, 0) is 4.79 Å². The standard InChI is InChI=1S/C18H32N2O/c1-13-8-10-20(11-9-13)18(21)17-12-15(17)5-2-14-3-6-16(19)7-4-14/h13-17H,2-12,19H2,1H3. The van der Waals surface area contributed by atoms with Gasteiger partial charge in [0.05, 0.1) is 0 Å². The van der Waals surface area contributed by atoms with Gasteiger partial charge in [-0.15, -0.1) is 0 Å². The Morgan fingerprint density at radius 3 is 2.38 bits per heavy atom. The zero-order valence-electron chi connectivity index (χ0n) is 13.6. The molecule has 3 aliphatic rings. The van der Waals surface area contributed by atoms with Gasteiger partial charge >= 0.3 is 0 Å². The number of amides is 1. The lowest BCUT2D eigenvalue weighted by Gasteiger charge is -2.30. The van der Waals surface area contributed by atoms with E-state index in [0.29, 0.717) is 23.8 Å². The number of nitrogens with two attached hydrogens (primary N) is 1. The molecule has 2 unspecified atom stereocenters. The molecule has 1 heterocycles. The molecule has 2 N–H and O–H groups in total. The normalized spacial score (nSPS) is 37.5. The van der Waals surface area contributed by atoms with Crippen molar-refractivity contribution in [2.75, 3.05) is 13.1 Å². The van der Waals surface area contributed by atoms with Gasteiger partial charge in [-0.05, 0) is 69.1 Å². The Kier molecular flexibility index (Phi) is 4.88. The third-order valence-corrected chi connectivity index (χ3v) is 6.17. The highest BCUT2D eigenvalue weighted by molar-refractivity contribution is 5.81. The average molecular weight is 292 g/mol. The first kappa shape index (κ1) is 15.3. The Morgan fingerprint density at radius 1 is 1.05 bits per heavy atom. The third kappa shape index (κ3) is 4.00. The van der Waals surface area contributed by atoms with Gasteiger partial charge in [0.25, 0.3) is 0 Å². The van der Waals surface area contributed by atoms with E-state index in [0.717, 1.165) is 31.3 Å². The number of piperidine rings is 1. The van der Waals surface area contributed by atoms with Crippen molar-refractivity contribution in [2.45, 2.75) is 70.8 Å². The van der Waals surface area contributed by atoms with E-state index in [1.807, 2.05) is 0 Å². The first-order valence-corrected chi connectivity index (χ1v) is 9.18. The van der Waals surface area contributed by atoms with Crippen LogP contribution < -0.4 is 5.73 Å². The maximum absolute atomic E-state index is 12.5. The molecule has 0 aromatic rings. The zero-order chi connectivity index (χ0) is 14.8. The third-order valence-electron chi connectivity index (χ3n) is 6.17. The fraction of sp³-hybridized carbons (Fsp3) is 0.944. The molecule has 0 aromatic heterocycles. The van der Waals surface area contributed by atoms with Crippen LogP contribution in [0.25, 0.3) is 0 Å². The Balaban J connectivity index is 1.35. The van der Waals surface area contributed by atoms with Crippen LogP contribution in [0.4, 0.5) is 0 Å². The van der Waals surface area contributed by atoms with Gasteiger partial charge in [0.2, 0.25) is 5.91 Å². The molecule has 120 valence electrons. The summed E-state index contributed by atoms with van der Waals surface area (Å²) in [5, 5.41) is 0. The number of carbonyl (C=O) groups excluding carboxylic acids is 1. The second-order valence-corrected chi connectivity index (χ2v) is 7.97. The van der Waals surface area contributed by atoms with E-state index in [4.69, 9.17) is 5.73 Å². The maximum atomic E-state index is 12.5. The highest BCUT2D eigenvalue weighted by Crippen LogP contribution is 2.45. The highest BCUT2D eigenvalue weighted by Gasteiger charge is 2.44. The number of hydrogen-bond donors (Lipinski definition) is 1. The van der Waals surface area contributed by atoms with Gasteiger partial charge < -0.3 is 10.6 Å². The molecule has 1 saturated heterocycles. The minimum Gasteiger partial charge on any atom is -0.342 e. The summed E-state index contributed by atoms with van der Waals surface area (Å²) in [6, 6.07) is 0.456. The number of likely N-dealkylation sites (tertiary alicyclic amines) is 1. The molecule has 21 heavy (non-hydrogen) atoms. The minimum absolute atomic E-state index is 0.379. The fourth-order valence-electron chi connectivity index (χ4n) is 4.26. The molecule has 3 nitrogen and oxygen atoms in total. The lowest BCUT2D eigenvalue weighted by molar-refractivity contribution is -0.134. The molecule has 2 aliphatic carbocycles. The zero-order valence-corrected chi connectivity index (χ0v) is 13.6. The van der Waals surface area contributed by atoms with E-state index in [9.17, 15) is 4.79 Å². The fourth-order valence-corrected chi connectivity index (χ4v) is 4.26. The van der Waals surface area contributed by atoms with Crippen LogP contribution >= 0.6 is 0 Å². The SMILES string of the molecule is CC1CCN(C(=O)C2CC2CCC2CCC(N)CC2)CC1. The van der Waals surface area contributed by atoms with E-state index >= 15 is 0 Å². The van der Waals surface area contributed by atoms with Crippen molar-refractivity contribution >= 4 is 5.91 Å². The first-order valence-electron chi connectivity index (χ1n) is 9.18. The van der Waals surface area contributed by atoms with Crippen molar-refractivity contribution in [2.24, 2.45) is 29.4 Å². The summed E-state index contributed by atoms with van der Waals surface area (Å²) >= 11 is 0. The van der Waals surface area contributed by atoms with E-state index in [2.05, 4.69) is 11.8 Å². The molecule has 0 aromatic carbocycles. The lowest BCUT2D eigenvalue weighted by atomic mass is 9.83. The molecular weight excluding hydrogens is 260 g/mol. The summed E-state index contributed by atoms with van der Waals surface area (Å²) in [6.07, 6.45) is 11.2. The van der Waals surface area contributed by atoms with Gasteiger partial charge in [0, 0.05) is 25.0 Å². The molecule has 3 heteroatoms. The van der Waals surface area contributed by atoms with Crippen LogP contribution in [0.5, 0.6) is 0 Å². The molecule has 0 radical (unpaired) electrons. The van der Waals surface area contributed by atoms with Crippen molar-refractivity contribution in [3.05, 3.63) is 0 Å². The summed E-state index contributed by atoms with van der Waals surface area (Å²) in [7, 11) is 0. The predicted octanol–water partition coefficient (Wildman–Crippen LogP) is 3.18. The molecule has 2 saturated carbocycles.